The molecule has 0 fully saturated rings. The van der Waals surface area contributed by atoms with E-state index >= 15 is 0 Å². The Morgan fingerprint density at radius 2 is 2.06 bits per heavy atom. The summed E-state index contributed by atoms with van der Waals surface area (Å²) in [6.45, 7) is 1.61. The number of aromatic hydroxyl groups is 1. The molecule has 0 aliphatic carbocycles. The number of ether oxygens (including phenoxy) is 1. The molecule has 1 heterocycles. The van der Waals surface area contributed by atoms with E-state index in [0.29, 0.717) is 22.2 Å². The van der Waals surface area contributed by atoms with Gasteiger partial charge in [-0.05, 0) is 19.1 Å². The van der Waals surface area contributed by atoms with Crippen LogP contribution in [0.3, 0.4) is 0 Å². The van der Waals surface area contributed by atoms with Crippen molar-refractivity contribution in [1.29, 1.82) is 0 Å². The van der Waals surface area contributed by atoms with E-state index in [1.807, 2.05) is 0 Å². The zero-order chi connectivity index (χ0) is 11.9. The second-order valence-electron chi connectivity index (χ2n) is 3.72. The van der Waals surface area contributed by atoms with E-state index in [9.17, 15) is 9.90 Å². The number of aromatic nitrogens is 1. The fraction of sp³-hybridized carbons (Fsp3) is 0.250. The number of methoxy groups -OCH3 is 1. The molecule has 1 N–H and O–H groups in total. The molecule has 4 nitrogen and oxygen atoms in total. The van der Waals surface area contributed by atoms with Gasteiger partial charge in [-0.2, -0.15) is 0 Å². The van der Waals surface area contributed by atoms with E-state index in [1.54, 1.807) is 43.8 Å². The molecule has 0 saturated heterocycles. The van der Waals surface area contributed by atoms with E-state index in [2.05, 4.69) is 0 Å². The molecule has 4 heteroatoms. The minimum atomic E-state index is -0.145. The first-order valence-corrected chi connectivity index (χ1v) is 4.92. The summed E-state index contributed by atoms with van der Waals surface area (Å²) in [5.41, 5.74) is 0.876. The number of benzene rings is 1. The highest BCUT2D eigenvalue weighted by Crippen LogP contribution is 2.23. The Morgan fingerprint density at radius 3 is 2.69 bits per heavy atom. The number of pyridine rings is 1. The van der Waals surface area contributed by atoms with Gasteiger partial charge in [0, 0.05) is 18.5 Å². The van der Waals surface area contributed by atoms with Gasteiger partial charge >= 0.3 is 0 Å². The van der Waals surface area contributed by atoms with Gasteiger partial charge in [0.05, 0.1) is 18.2 Å². The van der Waals surface area contributed by atoms with Crippen molar-refractivity contribution < 1.29 is 9.84 Å². The average molecular weight is 219 g/mol. The van der Waals surface area contributed by atoms with Crippen LogP contribution in [-0.2, 0) is 7.05 Å². The van der Waals surface area contributed by atoms with Crippen LogP contribution in [0.5, 0.6) is 11.6 Å². The summed E-state index contributed by atoms with van der Waals surface area (Å²) in [5.74, 6) is 0.650. The van der Waals surface area contributed by atoms with Crippen LogP contribution in [-0.4, -0.2) is 16.8 Å². The summed E-state index contributed by atoms with van der Waals surface area (Å²) in [7, 11) is 3.27. The second kappa shape index (κ2) is 3.56. The maximum absolute atomic E-state index is 11.9. The Hall–Kier alpha value is -1.97. The summed E-state index contributed by atoms with van der Waals surface area (Å²) in [6.07, 6.45) is 0. The molecular formula is C12H13NO3. The van der Waals surface area contributed by atoms with Crippen LogP contribution >= 0.6 is 0 Å². The second-order valence-corrected chi connectivity index (χ2v) is 3.72. The molecule has 1 aromatic carbocycles. The van der Waals surface area contributed by atoms with E-state index in [4.69, 9.17) is 4.74 Å². The molecular weight excluding hydrogens is 206 g/mol. The van der Waals surface area contributed by atoms with Gasteiger partial charge in [-0.1, -0.05) is 0 Å². The molecule has 84 valence electrons. The van der Waals surface area contributed by atoms with Gasteiger partial charge in [0.25, 0.3) is 0 Å². The first kappa shape index (κ1) is 10.5. The number of nitrogens with zero attached hydrogens (tertiary/aromatic N) is 1. The third kappa shape index (κ3) is 1.34. The SMILES string of the molecule is COc1ccc2c(=O)c(C)c(O)n(C)c2c1. The lowest BCUT2D eigenvalue weighted by atomic mass is 10.1. The Labute approximate surface area is 92.7 Å². The zero-order valence-electron chi connectivity index (χ0n) is 9.44. The standard InChI is InChI=1S/C12H13NO3/c1-7-11(14)9-5-4-8(16-3)6-10(9)13(2)12(7)15/h4-6,15H,1-3H3. The van der Waals surface area contributed by atoms with Crippen molar-refractivity contribution in [2.45, 2.75) is 6.92 Å². The van der Waals surface area contributed by atoms with Crippen molar-refractivity contribution in [2.75, 3.05) is 7.11 Å². The Kier molecular flexibility index (Phi) is 2.34. The molecule has 16 heavy (non-hydrogen) atoms. The van der Waals surface area contributed by atoms with Crippen molar-refractivity contribution in [3.63, 3.8) is 0 Å². The first-order chi connectivity index (χ1) is 7.56. The van der Waals surface area contributed by atoms with Crippen molar-refractivity contribution in [3.8, 4) is 11.6 Å². The average Bonchev–Trinajstić information content (AvgIpc) is 2.33. The molecule has 0 spiro atoms. The molecule has 0 amide bonds. The molecule has 0 saturated carbocycles. The van der Waals surface area contributed by atoms with Crippen LogP contribution in [0.4, 0.5) is 0 Å². The lowest BCUT2D eigenvalue weighted by Crippen LogP contribution is -2.11. The minimum Gasteiger partial charge on any atom is -0.497 e. The van der Waals surface area contributed by atoms with Crippen LogP contribution in [0.2, 0.25) is 0 Å². The largest absolute Gasteiger partial charge is 0.497 e. The van der Waals surface area contributed by atoms with Crippen molar-refractivity contribution in [3.05, 3.63) is 34.0 Å². The molecule has 0 radical (unpaired) electrons. The Morgan fingerprint density at radius 1 is 1.38 bits per heavy atom. The van der Waals surface area contributed by atoms with Crippen molar-refractivity contribution in [2.24, 2.45) is 7.05 Å². The topological polar surface area (TPSA) is 51.5 Å². The molecule has 2 aromatic rings. The van der Waals surface area contributed by atoms with Gasteiger partial charge in [-0.3, -0.25) is 4.79 Å². The lowest BCUT2D eigenvalue weighted by molar-refractivity contribution is 0.413. The molecule has 2 rings (SSSR count). The smallest absolute Gasteiger partial charge is 0.198 e. The lowest BCUT2D eigenvalue weighted by Gasteiger charge is -2.11. The highest BCUT2D eigenvalue weighted by molar-refractivity contribution is 5.82. The van der Waals surface area contributed by atoms with Gasteiger partial charge in [0.15, 0.2) is 11.3 Å². The number of fused-ring (bicyclic) bond motifs is 1. The number of rotatable bonds is 1. The summed E-state index contributed by atoms with van der Waals surface area (Å²) in [5, 5.41) is 10.4. The minimum absolute atomic E-state index is 0.00856. The monoisotopic (exact) mass is 219 g/mol. The van der Waals surface area contributed by atoms with Crippen LogP contribution in [0.1, 0.15) is 5.56 Å². The van der Waals surface area contributed by atoms with Gasteiger partial charge in [-0.15, -0.1) is 0 Å². The van der Waals surface area contributed by atoms with Crippen molar-refractivity contribution >= 4 is 10.9 Å². The summed E-state index contributed by atoms with van der Waals surface area (Å²) >= 11 is 0. The summed E-state index contributed by atoms with van der Waals surface area (Å²) < 4.78 is 6.67. The highest BCUT2D eigenvalue weighted by Gasteiger charge is 2.11. The molecule has 0 aliphatic rings. The van der Waals surface area contributed by atoms with Gasteiger partial charge in [0.1, 0.15) is 5.75 Å². The molecule has 0 bridgehead atoms. The van der Waals surface area contributed by atoms with Crippen LogP contribution in [0, 0.1) is 6.92 Å². The third-order valence-corrected chi connectivity index (χ3v) is 2.80. The molecule has 0 unspecified atom stereocenters. The Balaban J connectivity index is 2.97. The number of hydrogen-bond donors (Lipinski definition) is 1. The van der Waals surface area contributed by atoms with Crippen molar-refractivity contribution in [1.82, 2.24) is 4.57 Å². The summed E-state index contributed by atoms with van der Waals surface area (Å²) in [6, 6.07) is 5.18. The van der Waals surface area contributed by atoms with E-state index in [0.717, 1.165) is 0 Å². The van der Waals surface area contributed by atoms with E-state index < -0.39 is 0 Å². The Bertz CT molecular complexity index is 614. The summed E-state index contributed by atoms with van der Waals surface area (Å²) in [4.78, 5) is 11.9. The normalized spacial score (nSPS) is 10.7. The number of hydrogen-bond acceptors (Lipinski definition) is 3. The third-order valence-electron chi connectivity index (χ3n) is 2.80. The van der Waals surface area contributed by atoms with E-state index in [-0.39, 0.29) is 11.3 Å². The van der Waals surface area contributed by atoms with Gasteiger partial charge in [-0.25, -0.2) is 0 Å². The fourth-order valence-corrected chi connectivity index (χ4v) is 1.78. The molecule has 1 aromatic heterocycles. The number of aryl methyl sites for hydroxylation is 1. The van der Waals surface area contributed by atoms with Crippen LogP contribution < -0.4 is 10.2 Å². The van der Waals surface area contributed by atoms with Gasteiger partial charge in [0.2, 0.25) is 0 Å². The fourth-order valence-electron chi connectivity index (χ4n) is 1.78. The van der Waals surface area contributed by atoms with Crippen LogP contribution in [0.25, 0.3) is 10.9 Å². The predicted octanol–water partition coefficient (Wildman–Crippen LogP) is 1.56. The quantitative estimate of drug-likeness (QED) is 0.791. The van der Waals surface area contributed by atoms with Gasteiger partial charge < -0.3 is 14.4 Å². The molecule has 0 aliphatic heterocycles. The maximum atomic E-state index is 11.9. The zero-order valence-corrected chi connectivity index (χ0v) is 9.44. The molecule has 0 atom stereocenters. The first-order valence-electron chi connectivity index (χ1n) is 4.92. The highest BCUT2D eigenvalue weighted by atomic mass is 16.5. The van der Waals surface area contributed by atoms with Crippen LogP contribution in [0.15, 0.2) is 23.0 Å². The maximum Gasteiger partial charge on any atom is 0.198 e. The van der Waals surface area contributed by atoms with E-state index in [1.165, 1.54) is 0 Å². The predicted molar refractivity (Wildman–Crippen MR) is 62.1 cm³/mol.